The molecule has 4 atom stereocenters. The lowest BCUT2D eigenvalue weighted by molar-refractivity contribution is -0.148. The number of carbonyl (C=O) groups excluding carboxylic acids is 4. The first kappa shape index (κ1) is 40.6. The lowest BCUT2D eigenvalue weighted by Gasteiger charge is -2.38. The van der Waals surface area contributed by atoms with Crippen LogP contribution in [0.5, 0.6) is 0 Å². The fourth-order valence-corrected chi connectivity index (χ4v) is 5.81. The summed E-state index contributed by atoms with van der Waals surface area (Å²) < 4.78 is 0. The van der Waals surface area contributed by atoms with E-state index < -0.39 is 53.4 Å². The smallest absolute Gasteiger partial charge is 0.323 e. The molecule has 1 fully saturated rings. The van der Waals surface area contributed by atoms with E-state index >= 15 is 0 Å². The highest BCUT2D eigenvalue weighted by atomic mass is 16.4. The van der Waals surface area contributed by atoms with Crippen molar-refractivity contribution in [3.8, 4) is 0 Å². The number of benzene rings is 1. The van der Waals surface area contributed by atoms with Crippen LogP contribution in [0, 0.1) is 11.3 Å². The van der Waals surface area contributed by atoms with E-state index in [-0.39, 0.29) is 49.6 Å². The van der Waals surface area contributed by atoms with Crippen LogP contribution in [-0.2, 0) is 30.4 Å². The number of rotatable bonds is 18. The van der Waals surface area contributed by atoms with E-state index in [9.17, 15) is 29.1 Å². The summed E-state index contributed by atoms with van der Waals surface area (Å²) in [6.45, 7) is 10.5. The fraction of sp³-hybridized carbons (Fsp3) is 0.686. The summed E-state index contributed by atoms with van der Waals surface area (Å²) in [6.07, 6.45) is 3.26. The lowest BCUT2D eigenvalue weighted by atomic mass is 9.88. The largest absolute Gasteiger partial charge is 0.480 e. The van der Waals surface area contributed by atoms with E-state index in [1.807, 2.05) is 65.0 Å². The van der Waals surface area contributed by atoms with E-state index in [0.29, 0.717) is 45.1 Å². The van der Waals surface area contributed by atoms with Crippen LogP contribution in [0.1, 0.15) is 91.5 Å². The highest BCUT2D eigenvalue weighted by Crippen LogP contribution is 2.22. The van der Waals surface area contributed by atoms with Crippen LogP contribution in [-0.4, -0.2) is 88.9 Å². The Hall–Kier alpha value is -3.55. The Balaban J connectivity index is 2.24. The number of hydrogen-bond donors (Lipinski definition) is 7. The Morgan fingerprint density at radius 2 is 1.44 bits per heavy atom. The minimum atomic E-state index is -1.40. The number of piperidine rings is 1. The normalized spacial score (nSPS) is 17.1. The van der Waals surface area contributed by atoms with Gasteiger partial charge in [-0.1, -0.05) is 65.0 Å². The summed E-state index contributed by atoms with van der Waals surface area (Å²) in [5.74, 6) is -2.90. The van der Waals surface area contributed by atoms with Gasteiger partial charge in [-0.25, -0.2) is 0 Å². The number of aryl methyl sites for hydroxylation is 1. The fourth-order valence-electron chi connectivity index (χ4n) is 5.81. The summed E-state index contributed by atoms with van der Waals surface area (Å²) in [6, 6.07) is 5.94. The van der Waals surface area contributed by atoms with Crippen molar-refractivity contribution < 1.29 is 29.1 Å². The average Bonchev–Trinajstić information content (AvgIpc) is 3.01. The van der Waals surface area contributed by atoms with Crippen molar-refractivity contribution in [1.29, 1.82) is 0 Å². The molecule has 0 unspecified atom stereocenters. The SMILES string of the molecule is CC(C)C[C@@H](NC(=O)[C@@H](CCc1ccccc1)NC(=O)[C@H](N)CC(C)(C)C)C(=O)N[C@H](CCCCN)C(=O)N1CCC(N)(C(=O)O)CC1. The second-order valence-corrected chi connectivity index (χ2v) is 14.8. The summed E-state index contributed by atoms with van der Waals surface area (Å²) in [4.78, 5) is 67.5. The minimum absolute atomic E-state index is 0.0146. The second kappa shape index (κ2) is 18.8. The quantitative estimate of drug-likeness (QED) is 0.112. The molecular weight excluding hydrogens is 614 g/mol. The third kappa shape index (κ3) is 13.5. The predicted molar refractivity (Wildman–Crippen MR) is 185 cm³/mol. The van der Waals surface area contributed by atoms with Crippen LogP contribution in [0.4, 0.5) is 0 Å². The number of likely N-dealkylation sites (tertiary alicyclic amines) is 1. The van der Waals surface area contributed by atoms with Crippen molar-refractivity contribution in [2.24, 2.45) is 28.5 Å². The number of aliphatic carboxylic acids is 1. The van der Waals surface area contributed by atoms with Gasteiger partial charge >= 0.3 is 5.97 Å². The summed E-state index contributed by atoms with van der Waals surface area (Å²) in [5.41, 5.74) is 17.3. The van der Waals surface area contributed by atoms with Crippen molar-refractivity contribution >= 4 is 29.6 Å². The van der Waals surface area contributed by atoms with Gasteiger partial charge in [0.15, 0.2) is 0 Å². The number of nitrogens with zero attached hydrogens (tertiary/aromatic N) is 1. The topological polar surface area (TPSA) is 223 Å². The zero-order chi connectivity index (χ0) is 36.1. The molecule has 13 nitrogen and oxygen atoms in total. The average molecular weight is 674 g/mol. The van der Waals surface area contributed by atoms with Crippen LogP contribution in [0.25, 0.3) is 0 Å². The molecule has 1 aromatic carbocycles. The van der Waals surface area contributed by atoms with Gasteiger partial charge in [0, 0.05) is 13.1 Å². The third-order valence-corrected chi connectivity index (χ3v) is 8.66. The van der Waals surface area contributed by atoms with Gasteiger partial charge in [0.1, 0.15) is 23.7 Å². The number of carbonyl (C=O) groups is 5. The number of amides is 4. The Morgan fingerprint density at radius 3 is 1.98 bits per heavy atom. The molecule has 1 aliphatic rings. The van der Waals surface area contributed by atoms with E-state index in [2.05, 4.69) is 16.0 Å². The molecule has 1 heterocycles. The molecular formula is C35H59N7O6. The van der Waals surface area contributed by atoms with Crippen molar-refractivity contribution in [1.82, 2.24) is 20.9 Å². The number of nitrogens with one attached hydrogen (secondary N) is 3. The van der Waals surface area contributed by atoms with Crippen LogP contribution in [0.15, 0.2) is 30.3 Å². The van der Waals surface area contributed by atoms with Gasteiger partial charge in [-0.15, -0.1) is 0 Å². The molecule has 0 aliphatic carbocycles. The molecule has 270 valence electrons. The highest BCUT2D eigenvalue weighted by Gasteiger charge is 2.40. The van der Waals surface area contributed by atoms with Crippen LogP contribution in [0.3, 0.4) is 0 Å². The molecule has 1 aromatic rings. The van der Waals surface area contributed by atoms with Gasteiger partial charge in [0.2, 0.25) is 23.6 Å². The van der Waals surface area contributed by atoms with Gasteiger partial charge in [0.25, 0.3) is 0 Å². The molecule has 1 saturated heterocycles. The van der Waals surface area contributed by atoms with Crippen LogP contribution >= 0.6 is 0 Å². The third-order valence-electron chi connectivity index (χ3n) is 8.66. The maximum atomic E-state index is 13.8. The first-order valence-corrected chi connectivity index (χ1v) is 17.2. The molecule has 0 radical (unpaired) electrons. The maximum Gasteiger partial charge on any atom is 0.323 e. The maximum absolute atomic E-state index is 13.8. The molecule has 48 heavy (non-hydrogen) atoms. The Bertz CT molecular complexity index is 1210. The predicted octanol–water partition coefficient (Wildman–Crippen LogP) is 1.42. The Kier molecular flexibility index (Phi) is 16.0. The molecule has 0 aromatic heterocycles. The lowest BCUT2D eigenvalue weighted by Crippen LogP contribution is -2.60. The van der Waals surface area contributed by atoms with Crippen molar-refractivity contribution in [3.63, 3.8) is 0 Å². The van der Waals surface area contributed by atoms with Gasteiger partial charge in [-0.3, -0.25) is 24.0 Å². The molecule has 0 saturated carbocycles. The van der Waals surface area contributed by atoms with E-state index in [0.717, 1.165) is 5.56 Å². The molecule has 0 spiro atoms. The molecule has 0 bridgehead atoms. The number of hydrogen-bond acceptors (Lipinski definition) is 8. The number of carboxylic acid groups (broad SMARTS) is 1. The van der Waals surface area contributed by atoms with Gasteiger partial charge < -0.3 is 43.2 Å². The minimum Gasteiger partial charge on any atom is -0.480 e. The van der Waals surface area contributed by atoms with Crippen LogP contribution < -0.4 is 33.2 Å². The second-order valence-electron chi connectivity index (χ2n) is 14.8. The van der Waals surface area contributed by atoms with E-state index in [4.69, 9.17) is 17.2 Å². The molecule has 1 aliphatic heterocycles. The molecule has 13 heteroatoms. The van der Waals surface area contributed by atoms with Crippen LogP contribution in [0.2, 0.25) is 0 Å². The first-order valence-electron chi connectivity index (χ1n) is 17.2. The van der Waals surface area contributed by atoms with Gasteiger partial charge in [-0.2, -0.15) is 0 Å². The number of unbranched alkanes of at least 4 members (excludes halogenated alkanes) is 1. The zero-order valence-electron chi connectivity index (χ0n) is 29.4. The molecule has 10 N–H and O–H groups in total. The van der Waals surface area contributed by atoms with Crippen molar-refractivity contribution in [2.45, 2.75) is 122 Å². The molecule has 2 rings (SSSR count). The monoisotopic (exact) mass is 673 g/mol. The zero-order valence-corrected chi connectivity index (χ0v) is 29.4. The molecule has 4 amide bonds. The number of nitrogens with two attached hydrogens (primary N) is 3. The van der Waals surface area contributed by atoms with Gasteiger partial charge in [-0.05, 0) is 81.2 Å². The summed E-state index contributed by atoms with van der Waals surface area (Å²) >= 11 is 0. The van der Waals surface area contributed by atoms with E-state index in [1.165, 1.54) is 4.90 Å². The van der Waals surface area contributed by atoms with Crippen molar-refractivity contribution in [2.75, 3.05) is 19.6 Å². The first-order chi connectivity index (χ1) is 22.5. The highest BCUT2D eigenvalue weighted by molar-refractivity contribution is 5.95. The standard InChI is InChI=1S/C35H59N7O6/c1-23(2)21-28(31(45)40-27(13-9-10-18-36)32(46)42-19-16-35(38,17-20-42)33(47)48)41-30(44)26(15-14-24-11-7-6-8-12-24)39-29(43)25(37)22-34(3,4)5/h6-8,11-12,23,25-28H,9-10,13-22,36-38H2,1-5H3,(H,39,43)(H,40,45)(H,41,44)(H,47,48)/t25-,26-,27-,28-/m1/s1. The van der Waals surface area contributed by atoms with Gasteiger partial charge in [0.05, 0.1) is 6.04 Å². The number of carboxylic acids is 1. The van der Waals surface area contributed by atoms with Crippen molar-refractivity contribution in [3.05, 3.63) is 35.9 Å². The summed E-state index contributed by atoms with van der Waals surface area (Å²) in [5, 5.41) is 18.0. The summed E-state index contributed by atoms with van der Waals surface area (Å²) in [7, 11) is 0. The van der Waals surface area contributed by atoms with E-state index in [1.54, 1.807) is 0 Å². The Labute approximate surface area is 285 Å². The Morgan fingerprint density at radius 1 is 0.875 bits per heavy atom.